The van der Waals surface area contributed by atoms with Crippen LogP contribution in [0, 0.1) is 0 Å². The van der Waals surface area contributed by atoms with Gasteiger partial charge in [0.1, 0.15) is 12.4 Å². The van der Waals surface area contributed by atoms with E-state index in [1.165, 1.54) is 0 Å². The second-order valence-electron chi connectivity index (χ2n) is 7.48. The zero-order valence-corrected chi connectivity index (χ0v) is 19.0. The Balaban J connectivity index is 1.65. The Morgan fingerprint density at radius 3 is 2.52 bits per heavy atom. The van der Waals surface area contributed by atoms with Crippen molar-refractivity contribution in [1.82, 2.24) is 0 Å². The lowest BCUT2D eigenvalue weighted by atomic mass is 10.0. The number of allylic oxidation sites excluding steroid dienone is 1. The Morgan fingerprint density at radius 2 is 1.82 bits per heavy atom. The van der Waals surface area contributed by atoms with Gasteiger partial charge in [-0.05, 0) is 66.1 Å². The fraction of sp³-hybridized carbons (Fsp3) is 0.107. The van der Waals surface area contributed by atoms with Crippen LogP contribution >= 0.6 is 11.6 Å². The summed E-state index contributed by atoms with van der Waals surface area (Å²) in [5, 5.41) is 0.621. The van der Waals surface area contributed by atoms with Crippen molar-refractivity contribution >= 4 is 29.4 Å². The molecule has 166 valence electrons. The average molecular weight is 459 g/mol. The van der Waals surface area contributed by atoms with Crippen molar-refractivity contribution in [3.63, 3.8) is 0 Å². The molecule has 4 rings (SSSR count). The first kappa shape index (κ1) is 22.4. The lowest BCUT2D eigenvalue weighted by Crippen LogP contribution is -2.02. The molecule has 0 saturated carbocycles. The van der Waals surface area contributed by atoms with E-state index in [2.05, 4.69) is 6.58 Å². The highest BCUT2D eigenvalue weighted by atomic mass is 35.5. The van der Waals surface area contributed by atoms with E-state index < -0.39 is 5.97 Å². The van der Waals surface area contributed by atoms with Crippen molar-refractivity contribution in [3.8, 4) is 11.5 Å². The van der Waals surface area contributed by atoms with E-state index in [-0.39, 0.29) is 0 Å². The molecule has 33 heavy (non-hydrogen) atoms. The van der Waals surface area contributed by atoms with Crippen LogP contribution in [0.2, 0.25) is 5.02 Å². The van der Waals surface area contributed by atoms with E-state index in [9.17, 15) is 4.79 Å². The minimum Gasteiger partial charge on any atom is -0.493 e. The number of methoxy groups -OCH3 is 1. The molecule has 4 nitrogen and oxygen atoms in total. The summed E-state index contributed by atoms with van der Waals surface area (Å²) in [4.78, 5) is 12.5. The number of hydrogen-bond donors (Lipinski definition) is 0. The first-order valence-electron chi connectivity index (χ1n) is 10.5. The van der Waals surface area contributed by atoms with Crippen LogP contribution in [0.15, 0.2) is 91.0 Å². The van der Waals surface area contributed by atoms with Crippen molar-refractivity contribution < 1.29 is 19.0 Å². The number of hydrogen-bond acceptors (Lipinski definition) is 4. The summed E-state index contributed by atoms with van der Waals surface area (Å²) in [6.45, 7) is 4.28. The van der Waals surface area contributed by atoms with Gasteiger partial charge in [-0.15, -0.1) is 6.58 Å². The molecule has 0 spiro atoms. The van der Waals surface area contributed by atoms with Crippen molar-refractivity contribution in [2.24, 2.45) is 0 Å². The summed E-state index contributed by atoms with van der Waals surface area (Å²) in [6.07, 6.45) is 5.91. The van der Waals surface area contributed by atoms with Gasteiger partial charge >= 0.3 is 5.97 Å². The topological polar surface area (TPSA) is 44.8 Å². The maximum atomic E-state index is 12.5. The standard InChI is InChI=1S/C28H23ClO4/c1-3-7-22-14-20(16-26(31-2)27(22)32-18-19-8-5-4-6-9-19)15-23-17-25(33-28(23)30)21-10-12-24(29)13-11-21/h3-6,8-17H,1,7,18H2,2H3/b23-15+. The lowest BCUT2D eigenvalue weighted by molar-refractivity contribution is -0.130. The SMILES string of the molecule is C=CCc1cc(/C=C2\C=C(c3ccc(Cl)cc3)OC2=O)cc(OC)c1OCc1ccccc1. The van der Waals surface area contributed by atoms with Crippen molar-refractivity contribution in [2.45, 2.75) is 13.0 Å². The first-order valence-corrected chi connectivity index (χ1v) is 10.8. The zero-order valence-electron chi connectivity index (χ0n) is 18.2. The third-order valence-electron chi connectivity index (χ3n) is 5.14. The Morgan fingerprint density at radius 1 is 1.06 bits per heavy atom. The minimum absolute atomic E-state index is 0.409. The smallest absolute Gasteiger partial charge is 0.343 e. The Labute approximate surface area is 198 Å². The number of cyclic esters (lactones) is 1. The quantitative estimate of drug-likeness (QED) is 0.216. The van der Waals surface area contributed by atoms with Gasteiger partial charge in [0, 0.05) is 16.1 Å². The number of carbonyl (C=O) groups excluding carboxylic acids is 1. The van der Waals surface area contributed by atoms with E-state index in [1.54, 1.807) is 31.4 Å². The molecule has 0 N–H and O–H groups in total. The van der Waals surface area contributed by atoms with Crippen LogP contribution in [0.5, 0.6) is 11.5 Å². The van der Waals surface area contributed by atoms with Crippen LogP contribution in [-0.4, -0.2) is 13.1 Å². The molecule has 5 heteroatoms. The predicted molar refractivity (Wildman–Crippen MR) is 131 cm³/mol. The average Bonchev–Trinajstić information content (AvgIpc) is 3.19. The fourth-order valence-electron chi connectivity index (χ4n) is 3.54. The number of rotatable bonds is 8. The van der Waals surface area contributed by atoms with Crippen LogP contribution in [0.4, 0.5) is 0 Å². The van der Waals surface area contributed by atoms with Crippen molar-refractivity contribution in [3.05, 3.63) is 118 Å². The highest BCUT2D eigenvalue weighted by Crippen LogP contribution is 2.36. The van der Waals surface area contributed by atoms with E-state index in [0.29, 0.717) is 40.9 Å². The van der Waals surface area contributed by atoms with E-state index >= 15 is 0 Å². The molecule has 0 aromatic heterocycles. The van der Waals surface area contributed by atoms with Gasteiger partial charge < -0.3 is 14.2 Å². The second kappa shape index (κ2) is 10.2. The van der Waals surface area contributed by atoms with Crippen molar-refractivity contribution in [2.75, 3.05) is 7.11 Å². The molecule has 0 unspecified atom stereocenters. The summed E-state index contributed by atoms with van der Waals surface area (Å²) in [5.41, 5.74) is 4.01. The number of benzene rings is 3. The van der Waals surface area contributed by atoms with Gasteiger partial charge in [-0.3, -0.25) is 0 Å². The van der Waals surface area contributed by atoms with Crippen LogP contribution in [-0.2, 0) is 22.6 Å². The molecule has 3 aromatic carbocycles. The molecule has 0 bridgehead atoms. The fourth-order valence-corrected chi connectivity index (χ4v) is 3.67. The third kappa shape index (κ3) is 5.36. The zero-order chi connectivity index (χ0) is 23.2. The summed E-state index contributed by atoms with van der Waals surface area (Å²) in [5.74, 6) is 1.33. The normalized spacial score (nSPS) is 14.1. The largest absolute Gasteiger partial charge is 0.493 e. The summed E-state index contributed by atoms with van der Waals surface area (Å²) < 4.78 is 17.2. The van der Waals surface area contributed by atoms with Gasteiger partial charge in [-0.2, -0.15) is 0 Å². The first-order chi connectivity index (χ1) is 16.1. The summed E-state index contributed by atoms with van der Waals surface area (Å²) in [6, 6.07) is 20.9. The second-order valence-corrected chi connectivity index (χ2v) is 7.92. The van der Waals surface area contributed by atoms with Gasteiger partial charge in [0.05, 0.1) is 12.7 Å². The monoisotopic (exact) mass is 458 g/mol. The Kier molecular flexibility index (Phi) is 6.96. The van der Waals surface area contributed by atoms with Crippen LogP contribution in [0.3, 0.4) is 0 Å². The van der Waals surface area contributed by atoms with Gasteiger partial charge in [-0.1, -0.05) is 48.0 Å². The molecule has 1 heterocycles. The maximum Gasteiger partial charge on any atom is 0.343 e. The van der Waals surface area contributed by atoms with Crippen LogP contribution in [0.25, 0.3) is 11.8 Å². The van der Waals surface area contributed by atoms with Gasteiger partial charge in [-0.25, -0.2) is 4.79 Å². The number of halogens is 1. The molecule has 0 amide bonds. The predicted octanol–water partition coefficient (Wildman–Crippen LogP) is 6.64. The summed E-state index contributed by atoms with van der Waals surface area (Å²) in [7, 11) is 1.60. The molecule has 0 fully saturated rings. The summed E-state index contributed by atoms with van der Waals surface area (Å²) >= 11 is 5.95. The molecule has 0 radical (unpaired) electrons. The molecular formula is C28H23ClO4. The molecule has 1 aliphatic heterocycles. The van der Waals surface area contributed by atoms with Gasteiger partial charge in [0.2, 0.25) is 0 Å². The number of carbonyl (C=O) groups is 1. The molecule has 0 aliphatic carbocycles. The minimum atomic E-state index is -0.409. The van der Waals surface area contributed by atoms with Gasteiger partial charge in [0.15, 0.2) is 11.5 Å². The van der Waals surface area contributed by atoms with Crippen LogP contribution < -0.4 is 9.47 Å². The third-order valence-corrected chi connectivity index (χ3v) is 5.39. The van der Waals surface area contributed by atoms with E-state index in [4.69, 9.17) is 25.8 Å². The molecular weight excluding hydrogens is 436 g/mol. The number of ether oxygens (including phenoxy) is 3. The Hall–Kier alpha value is -3.76. The van der Waals surface area contributed by atoms with Crippen molar-refractivity contribution in [1.29, 1.82) is 0 Å². The lowest BCUT2D eigenvalue weighted by Gasteiger charge is -2.16. The highest BCUT2D eigenvalue weighted by molar-refractivity contribution is 6.30. The van der Waals surface area contributed by atoms with E-state index in [0.717, 1.165) is 22.3 Å². The molecule has 3 aromatic rings. The van der Waals surface area contributed by atoms with Crippen LogP contribution in [0.1, 0.15) is 22.3 Å². The highest BCUT2D eigenvalue weighted by Gasteiger charge is 2.22. The van der Waals surface area contributed by atoms with E-state index in [1.807, 2.05) is 60.7 Å². The molecule has 0 atom stereocenters. The molecule has 1 aliphatic rings. The Bertz CT molecular complexity index is 1220. The number of esters is 1. The molecule has 0 saturated heterocycles. The van der Waals surface area contributed by atoms with Gasteiger partial charge in [0.25, 0.3) is 0 Å². The maximum absolute atomic E-state index is 12.5.